The summed E-state index contributed by atoms with van der Waals surface area (Å²) in [6.07, 6.45) is 6.67. The Morgan fingerprint density at radius 1 is 1.35 bits per heavy atom. The van der Waals surface area contributed by atoms with Crippen molar-refractivity contribution in [3.8, 4) is 0 Å². The Kier molecular flexibility index (Phi) is 4.10. The summed E-state index contributed by atoms with van der Waals surface area (Å²) in [5, 5.41) is 0. The zero-order valence-corrected chi connectivity index (χ0v) is 13.1. The summed E-state index contributed by atoms with van der Waals surface area (Å²) in [6.45, 7) is 4.46. The molecule has 5 nitrogen and oxygen atoms in total. The normalized spacial score (nSPS) is 36.4. The van der Waals surface area contributed by atoms with Crippen LogP contribution in [0.4, 0.5) is 0 Å². The van der Waals surface area contributed by atoms with E-state index in [1.165, 1.54) is 19.3 Å². The molecular weight excluding hydrogens is 276 g/mol. The summed E-state index contributed by atoms with van der Waals surface area (Å²) in [5.74, 6) is 0.158. The molecule has 2 aliphatic heterocycles. The monoisotopic (exact) mass is 302 g/mol. The van der Waals surface area contributed by atoms with Gasteiger partial charge in [-0.15, -0.1) is 0 Å². The third-order valence-electron chi connectivity index (χ3n) is 5.16. The number of sulfonamides is 1. The average Bonchev–Trinajstić information content (AvgIpc) is 2.70. The first-order valence-electron chi connectivity index (χ1n) is 7.90. The highest BCUT2D eigenvalue weighted by atomic mass is 32.2. The van der Waals surface area contributed by atoms with Crippen LogP contribution in [0.25, 0.3) is 0 Å². The molecule has 3 rings (SSSR count). The second kappa shape index (κ2) is 5.55. The topological polar surface area (TPSA) is 58.6 Å². The predicted molar refractivity (Wildman–Crippen MR) is 78.1 cm³/mol. The second-order valence-corrected chi connectivity index (χ2v) is 8.59. The zero-order valence-electron chi connectivity index (χ0n) is 12.3. The molecule has 2 saturated heterocycles. The Morgan fingerprint density at radius 2 is 2.15 bits per heavy atom. The van der Waals surface area contributed by atoms with E-state index in [1.54, 1.807) is 6.92 Å². The number of hydrogen-bond acceptors (Lipinski definition) is 4. The van der Waals surface area contributed by atoms with E-state index < -0.39 is 10.0 Å². The molecule has 20 heavy (non-hydrogen) atoms. The molecule has 116 valence electrons. The largest absolute Gasteiger partial charge is 0.373 e. The Hall–Kier alpha value is -0.170. The average molecular weight is 302 g/mol. The molecule has 0 aromatic heterocycles. The van der Waals surface area contributed by atoms with Crippen molar-refractivity contribution in [1.82, 2.24) is 9.62 Å². The number of ether oxygens (including phenoxy) is 1. The lowest BCUT2D eigenvalue weighted by molar-refractivity contribution is -0.0808. The quantitative estimate of drug-likeness (QED) is 0.845. The van der Waals surface area contributed by atoms with Crippen molar-refractivity contribution in [2.75, 3.05) is 25.4 Å². The first kappa shape index (κ1) is 14.8. The number of hydrogen-bond donors (Lipinski definition) is 1. The minimum Gasteiger partial charge on any atom is -0.373 e. The number of likely N-dealkylation sites (tertiary alicyclic amines) is 1. The minimum absolute atomic E-state index is 0.0510. The lowest BCUT2D eigenvalue weighted by Gasteiger charge is -2.40. The molecule has 0 aromatic rings. The van der Waals surface area contributed by atoms with Crippen LogP contribution >= 0.6 is 0 Å². The van der Waals surface area contributed by atoms with Crippen LogP contribution in [0.2, 0.25) is 0 Å². The molecule has 1 saturated carbocycles. The van der Waals surface area contributed by atoms with E-state index in [4.69, 9.17) is 4.74 Å². The van der Waals surface area contributed by atoms with Crippen molar-refractivity contribution in [3.05, 3.63) is 0 Å². The van der Waals surface area contributed by atoms with Gasteiger partial charge >= 0.3 is 0 Å². The van der Waals surface area contributed by atoms with Crippen LogP contribution in [0.5, 0.6) is 0 Å². The first-order valence-corrected chi connectivity index (χ1v) is 9.55. The maximum Gasteiger partial charge on any atom is 0.211 e. The summed E-state index contributed by atoms with van der Waals surface area (Å²) < 4.78 is 32.4. The van der Waals surface area contributed by atoms with Gasteiger partial charge in [-0.1, -0.05) is 6.42 Å². The second-order valence-electron chi connectivity index (χ2n) is 6.55. The highest BCUT2D eigenvalue weighted by Gasteiger charge is 2.45. The molecule has 6 heteroatoms. The molecule has 3 aliphatic rings. The van der Waals surface area contributed by atoms with Crippen LogP contribution in [0.3, 0.4) is 0 Å². The molecule has 3 fully saturated rings. The first-order chi connectivity index (χ1) is 9.52. The van der Waals surface area contributed by atoms with Crippen molar-refractivity contribution >= 4 is 10.0 Å². The molecule has 2 atom stereocenters. The van der Waals surface area contributed by atoms with Gasteiger partial charge in [-0.3, -0.25) is 4.90 Å². The highest BCUT2D eigenvalue weighted by Crippen LogP contribution is 2.38. The van der Waals surface area contributed by atoms with Crippen LogP contribution in [0.15, 0.2) is 0 Å². The fourth-order valence-corrected chi connectivity index (χ4v) is 4.56. The molecule has 0 radical (unpaired) electrons. The van der Waals surface area contributed by atoms with E-state index in [0.29, 0.717) is 6.61 Å². The van der Waals surface area contributed by atoms with Crippen LogP contribution in [0.1, 0.15) is 45.4 Å². The lowest BCUT2D eigenvalue weighted by Crippen LogP contribution is -2.51. The Bertz CT molecular complexity index is 449. The summed E-state index contributed by atoms with van der Waals surface area (Å²) in [7, 11) is -3.11. The summed E-state index contributed by atoms with van der Waals surface area (Å²) in [5.41, 5.74) is -0.102. The standard InChI is InChI=1S/C14H26N2O3S/c1-2-20(17,18)15-12-6-9-19-14(10-12)7-8-16(11-14)13-4-3-5-13/h12-13,15H,2-11H2,1H3/t12-,14-/m1/s1. The third kappa shape index (κ3) is 3.03. The van der Waals surface area contributed by atoms with Crippen molar-refractivity contribution in [1.29, 1.82) is 0 Å². The molecule has 0 aromatic carbocycles. The van der Waals surface area contributed by atoms with Gasteiger partial charge in [-0.25, -0.2) is 13.1 Å². The van der Waals surface area contributed by atoms with Crippen molar-refractivity contribution in [2.24, 2.45) is 0 Å². The van der Waals surface area contributed by atoms with Crippen LogP contribution in [-0.4, -0.2) is 56.5 Å². The fourth-order valence-electron chi connectivity index (χ4n) is 3.69. The number of rotatable bonds is 4. The van der Waals surface area contributed by atoms with Crippen molar-refractivity contribution in [2.45, 2.75) is 63.1 Å². The molecular formula is C14H26N2O3S. The Morgan fingerprint density at radius 3 is 2.80 bits per heavy atom. The maximum atomic E-state index is 11.7. The van der Waals surface area contributed by atoms with E-state index >= 15 is 0 Å². The fraction of sp³-hybridized carbons (Fsp3) is 1.00. The van der Waals surface area contributed by atoms with Gasteiger partial charge in [0.1, 0.15) is 0 Å². The Labute approximate surface area is 122 Å². The van der Waals surface area contributed by atoms with E-state index in [0.717, 1.165) is 38.4 Å². The molecule has 0 unspecified atom stereocenters. The summed E-state index contributed by atoms with van der Waals surface area (Å²) in [4.78, 5) is 2.56. The molecule has 1 spiro atoms. The van der Waals surface area contributed by atoms with E-state index in [1.807, 2.05) is 0 Å². The van der Waals surface area contributed by atoms with Gasteiger partial charge in [0.05, 0.1) is 11.4 Å². The SMILES string of the molecule is CCS(=O)(=O)N[C@@H]1CCO[C@]2(CCN(C3CCC3)C2)C1. The maximum absolute atomic E-state index is 11.7. The minimum atomic E-state index is -3.11. The molecule has 1 N–H and O–H groups in total. The van der Waals surface area contributed by atoms with Crippen LogP contribution in [0, 0.1) is 0 Å². The third-order valence-corrected chi connectivity index (χ3v) is 6.61. The van der Waals surface area contributed by atoms with Gasteiger partial charge in [0, 0.05) is 31.8 Å². The van der Waals surface area contributed by atoms with Crippen molar-refractivity contribution in [3.63, 3.8) is 0 Å². The molecule has 2 heterocycles. The van der Waals surface area contributed by atoms with Gasteiger partial charge in [0.15, 0.2) is 0 Å². The van der Waals surface area contributed by atoms with Gasteiger partial charge in [0.25, 0.3) is 0 Å². The predicted octanol–water partition coefficient (Wildman–Crippen LogP) is 1.10. The van der Waals surface area contributed by atoms with Gasteiger partial charge in [0.2, 0.25) is 10.0 Å². The lowest BCUT2D eigenvalue weighted by atomic mass is 9.89. The molecule has 1 aliphatic carbocycles. The molecule has 0 bridgehead atoms. The van der Waals surface area contributed by atoms with Crippen LogP contribution < -0.4 is 4.72 Å². The van der Waals surface area contributed by atoms with E-state index in [9.17, 15) is 8.42 Å². The zero-order chi connectivity index (χ0) is 14.2. The van der Waals surface area contributed by atoms with Crippen LogP contribution in [-0.2, 0) is 14.8 Å². The van der Waals surface area contributed by atoms with E-state index in [2.05, 4.69) is 9.62 Å². The molecule has 0 amide bonds. The smallest absolute Gasteiger partial charge is 0.211 e. The number of nitrogens with one attached hydrogen (secondary N) is 1. The Balaban J connectivity index is 1.60. The van der Waals surface area contributed by atoms with Crippen molar-refractivity contribution < 1.29 is 13.2 Å². The number of nitrogens with zero attached hydrogens (tertiary/aromatic N) is 1. The highest BCUT2D eigenvalue weighted by molar-refractivity contribution is 7.89. The summed E-state index contributed by atoms with van der Waals surface area (Å²) >= 11 is 0. The van der Waals surface area contributed by atoms with Gasteiger partial charge in [-0.2, -0.15) is 0 Å². The van der Waals surface area contributed by atoms with Gasteiger partial charge < -0.3 is 4.74 Å². The van der Waals surface area contributed by atoms with E-state index in [-0.39, 0.29) is 17.4 Å². The summed E-state index contributed by atoms with van der Waals surface area (Å²) in [6, 6.07) is 0.806. The van der Waals surface area contributed by atoms with Gasteiger partial charge in [-0.05, 0) is 39.0 Å².